The minimum atomic E-state index is -1.17. The van der Waals surface area contributed by atoms with Gasteiger partial charge in [0.25, 0.3) is 0 Å². The Morgan fingerprint density at radius 2 is 1.92 bits per heavy atom. The van der Waals surface area contributed by atoms with E-state index in [0.717, 1.165) is 32.2 Å². The summed E-state index contributed by atoms with van der Waals surface area (Å²) in [6.45, 7) is 0.975. The molecule has 25 heavy (non-hydrogen) atoms. The first-order valence-corrected chi connectivity index (χ1v) is 8.89. The summed E-state index contributed by atoms with van der Waals surface area (Å²) in [6, 6.07) is -0.535. The van der Waals surface area contributed by atoms with Crippen LogP contribution in [-0.4, -0.2) is 63.9 Å². The fraction of sp³-hybridized carbons (Fsp3) is 0.765. The van der Waals surface area contributed by atoms with Gasteiger partial charge in [-0.05, 0) is 38.6 Å². The number of fused-ring (bicyclic) bond motifs is 1. The number of Topliss-reactive ketones (excluding diaryl/α,β-unsaturated/α-hetero) is 1. The molecule has 3 atom stereocenters. The van der Waals surface area contributed by atoms with E-state index >= 15 is 0 Å². The molecular weight excluding hydrogens is 328 g/mol. The van der Waals surface area contributed by atoms with Gasteiger partial charge in [0.2, 0.25) is 5.91 Å². The topological polar surface area (TPSA) is 124 Å². The van der Waals surface area contributed by atoms with E-state index in [4.69, 9.17) is 5.11 Å². The number of carbonyl (C=O) groups excluding carboxylic acids is 2. The maximum Gasteiger partial charge on any atom is 0.306 e. The number of carboxylic acids is 2. The molecule has 2 fully saturated rings. The number of carboxylic acid groups (broad SMARTS) is 2. The molecule has 0 aliphatic carbocycles. The lowest BCUT2D eigenvalue weighted by atomic mass is 9.93. The Hall–Kier alpha value is -1.96. The first-order chi connectivity index (χ1) is 11.9. The summed E-state index contributed by atoms with van der Waals surface area (Å²) in [5, 5.41) is 21.1. The van der Waals surface area contributed by atoms with Gasteiger partial charge in [-0.15, -0.1) is 0 Å². The monoisotopic (exact) mass is 354 g/mol. The molecule has 2 saturated heterocycles. The summed E-state index contributed by atoms with van der Waals surface area (Å²) in [4.78, 5) is 48.8. The van der Waals surface area contributed by atoms with Crippen LogP contribution < -0.4 is 5.32 Å². The van der Waals surface area contributed by atoms with E-state index in [9.17, 15) is 24.3 Å². The summed E-state index contributed by atoms with van der Waals surface area (Å²) >= 11 is 0. The molecule has 0 unspecified atom stereocenters. The number of amides is 1. The third-order valence-corrected chi connectivity index (χ3v) is 5.08. The molecule has 0 saturated carbocycles. The van der Waals surface area contributed by atoms with Crippen molar-refractivity contribution in [2.75, 3.05) is 13.1 Å². The number of nitrogens with one attached hydrogen (secondary N) is 1. The average Bonchev–Trinajstić information content (AvgIpc) is 2.99. The van der Waals surface area contributed by atoms with Crippen LogP contribution in [0.1, 0.15) is 51.4 Å². The van der Waals surface area contributed by atoms with Crippen molar-refractivity contribution < 1.29 is 29.4 Å². The summed E-state index contributed by atoms with van der Waals surface area (Å²) in [5.74, 6) is -3.65. The molecule has 2 aliphatic rings. The van der Waals surface area contributed by atoms with E-state index in [1.54, 1.807) is 4.90 Å². The highest BCUT2D eigenvalue weighted by Crippen LogP contribution is 2.30. The Balaban J connectivity index is 2.04. The molecule has 0 aromatic heterocycles. The molecule has 0 bridgehead atoms. The van der Waals surface area contributed by atoms with Crippen molar-refractivity contribution in [3.8, 4) is 0 Å². The molecule has 0 aromatic carbocycles. The number of ketones is 1. The maximum atomic E-state index is 12.7. The number of nitrogens with zero attached hydrogens (tertiary/aromatic N) is 1. The largest absolute Gasteiger partial charge is 0.481 e. The second-order valence-electron chi connectivity index (χ2n) is 6.86. The quantitative estimate of drug-likeness (QED) is 0.613. The fourth-order valence-electron chi connectivity index (χ4n) is 3.77. The van der Waals surface area contributed by atoms with Crippen LogP contribution in [0.25, 0.3) is 0 Å². The van der Waals surface area contributed by atoms with Gasteiger partial charge in [0.05, 0.1) is 18.5 Å². The molecule has 0 spiro atoms. The van der Waals surface area contributed by atoms with Gasteiger partial charge in [0, 0.05) is 18.9 Å². The van der Waals surface area contributed by atoms with Crippen molar-refractivity contribution in [1.29, 1.82) is 0 Å². The Morgan fingerprint density at radius 1 is 1.16 bits per heavy atom. The molecule has 3 N–H and O–H groups in total. The van der Waals surface area contributed by atoms with Crippen LogP contribution >= 0.6 is 0 Å². The molecule has 8 heteroatoms. The lowest BCUT2D eigenvalue weighted by molar-refractivity contribution is -0.146. The zero-order valence-electron chi connectivity index (χ0n) is 14.3. The molecule has 0 aromatic rings. The predicted octanol–water partition coefficient (Wildman–Crippen LogP) is 0.644. The molecule has 2 aliphatic heterocycles. The molecule has 1 amide bonds. The van der Waals surface area contributed by atoms with Crippen molar-refractivity contribution in [1.82, 2.24) is 10.2 Å². The summed E-state index contributed by atoms with van der Waals surface area (Å²) < 4.78 is 0. The molecule has 0 radical (unpaired) electrons. The predicted molar refractivity (Wildman–Crippen MR) is 88.0 cm³/mol. The standard InChI is InChI=1S/C17H26N2O6/c20-14(9-11(17(24)25)4-7-16(22)23)13-6-5-12-3-1-2-8-18-10-15(21)19(12)13/h11-13,18H,1-10H2,(H,22,23)(H,24,25)/t11-,12+,13+/m1/s1. The first-order valence-electron chi connectivity index (χ1n) is 8.89. The SMILES string of the molecule is O=C(O)CC[C@H](CC(=O)[C@@H]1CC[C@@H]2CCCCNCC(=O)N21)C(=O)O. The number of hydrogen-bond acceptors (Lipinski definition) is 5. The van der Waals surface area contributed by atoms with Crippen molar-refractivity contribution in [2.45, 2.75) is 63.5 Å². The molecular formula is C17H26N2O6. The van der Waals surface area contributed by atoms with Crippen LogP contribution in [0, 0.1) is 5.92 Å². The Kier molecular flexibility index (Phi) is 6.92. The van der Waals surface area contributed by atoms with Crippen molar-refractivity contribution in [3.63, 3.8) is 0 Å². The summed E-state index contributed by atoms with van der Waals surface area (Å²) in [5.41, 5.74) is 0. The highest BCUT2D eigenvalue weighted by Gasteiger charge is 2.41. The van der Waals surface area contributed by atoms with E-state index in [1.165, 1.54) is 0 Å². The lowest BCUT2D eigenvalue weighted by Crippen LogP contribution is -2.48. The minimum absolute atomic E-state index is 0.0450. The van der Waals surface area contributed by atoms with Crippen molar-refractivity contribution >= 4 is 23.6 Å². The zero-order chi connectivity index (χ0) is 18.4. The lowest BCUT2D eigenvalue weighted by Gasteiger charge is -2.30. The van der Waals surface area contributed by atoms with Gasteiger partial charge in [-0.25, -0.2) is 0 Å². The van der Waals surface area contributed by atoms with Crippen molar-refractivity contribution in [3.05, 3.63) is 0 Å². The summed E-state index contributed by atoms with van der Waals surface area (Å²) in [7, 11) is 0. The molecule has 140 valence electrons. The van der Waals surface area contributed by atoms with E-state index < -0.39 is 23.9 Å². The van der Waals surface area contributed by atoms with Crippen LogP contribution in [0.15, 0.2) is 0 Å². The Bertz CT molecular complexity index is 535. The van der Waals surface area contributed by atoms with Gasteiger partial charge < -0.3 is 20.4 Å². The van der Waals surface area contributed by atoms with Gasteiger partial charge >= 0.3 is 11.9 Å². The number of aliphatic carboxylic acids is 2. The first kappa shape index (κ1) is 19.4. The highest BCUT2D eigenvalue weighted by atomic mass is 16.4. The number of hydrogen-bond donors (Lipinski definition) is 3. The third-order valence-electron chi connectivity index (χ3n) is 5.08. The van der Waals surface area contributed by atoms with Crippen LogP contribution in [-0.2, 0) is 19.2 Å². The smallest absolute Gasteiger partial charge is 0.306 e. The highest BCUT2D eigenvalue weighted by molar-refractivity contribution is 5.92. The Labute approximate surface area is 146 Å². The Morgan fingerprint density at radius 3 is 2.60 bits per heavy atom. The van der Waals surface area contributed by atoms with Crippen molar-refractivity contribution in [2.24, 2.45) is 5.92 Å². The maximum absolute atomic E-state index is 12.7. The van der Waals surface area contributed by atoms with E-state index in [-0.39, 0.29) is 43.5 Å². The minimum Gasteiger partial charge on any atom is -0.481 e. The van der Waals surface area contributed by atoms with Crippen LogP contribution in [0.5, 0.6) is 0 Å². The average molecular weight is 354 g/mol. The number of rotatable bonds is 7. The zero-order valence-corrected chi connectivity index (χ0v) is 14.3. The second kappa shape index (κ2) is 8.94. The van der Waals surface area contributed by atoms with Gasteiger partial charge in [-0.3, -0.25) is 19.2 Å². The van der Waals surface area contributed by atoms with Gasteiger partial charge in [-0.1, -0.05) is 6.42 Å². The molecule has 2 rings (SSSR count). The third kappa shape index (κ3) is 5.26. The van der Waals surface area contributed by atoms with Gasteiger partial charge in [0.1, 0.15) is 0 Å². The van der Waals surface area contributed by atoms with E-state index in [2.05, 4.69) is 5.32 Å². The van der Waals surface area contributed by atoms with E-state index in [1.807, 2.05) is 0 Å². The van der Waals surface area contributed by atoms with Crippen LogP contribution in [0.4, 0.5) is 0 Å². The fourth-order valence-corrected chi connectivity index (χ4v) is 3.77. The summed E-state index contributed by atoms with van der Waals surface area (Å²) in [6.07, 6.45) is 3.56. The van der Waals surface area contributed by atoms with E-state index in [0.29, 0.717) is 6.42 Å². The molecule has 2 heterocycles. The van der Waals surface area contributed by atoms with Gasteiger partial charge in [-0.2, -0.15) is 0 Å². The normalized spacial score (nSPS) is 25.4. The molecule has 8 nitrogen and oxygen atoms in total. The van der Waals surface area contributed by atoms with Crippen LogP contribution in [0.3, 0.4) is 0 Å². The number of carbonyl (C=O) groups is 4. The van der Waals surface area contributed by atoms with Crippen LogP contribution in [0.2, 0.25) is 0 Å². The second-order valence-corrected chi connectivity index (χ2v) is 6.86. The van der Waals surface area contributed by atoms with Gasteiger partial charge in [0.15, 0.2) is 5.78 Å².